The summed E-state index contributed by atoms with van der Waals surface area (Å²) in [6.45, 7) is 3.16. The zero-order chi connectivity index (χ0) is 11.9. The summed E-state index contributed by atoms with van der Waals surface area (Å²) in [4.78, 5) is 12.0. The van der Waals surface area contributed by atoms with Crippen LogP contribution in [0.5, 0.6) is 0 Å². The molecule has 0 aliphatic carbocycles. The normalized spacial score (nSPS) is 28.8. The molecule has 2 atom stereocenters. The Morgan fingerprint density at radius 2 is 2.00 bits per heavy atom. The first-order valence-corrected chi connectivity index (χ1v) is 6.01. The number of anilines is 1. The molecule has 0 saturated heterocycles. The highest BCUT2D eigenvalue weighted by Gasteiger charge is 2.44. The minimum Gasteiger partial charge on any atom is -0.609 e. The van der Waals surface area contributed by atoms with Gasteiger partial charge in [-0.3, -0.25) is 4.72 Å². The smallest absolute Gasteiger partial charge is 0.363 e. The van der Waals surface area contributed by atoms with E-state index in [-0.39, 0.29) is 0 Å². The largest absolute Gasteiger partial charge is 0.609 e. The van der Waals surface area contributed by atoms with Crippen LogP contribution in [0, 0.1) is 5.21 Å². The second-order valence-electron chi connectivity index (χ2n) is 3.89. The van der Waals surface area contributed by atoms with Crippen LogP contribution in [-0.4, -0.2) is 20.2 Å². The van der Waals surface area contributed by atoms with Crippen LogP contribution in [0.2, 0.25) is 0 Å². The Kier molecular flexibility index (Phi) is 2.57. The van der Waals surface area contributed by atoms with Gasteiger partial charge in [0.15, 0.2) is 0 Å². The lowest BCUT2D eigenvalue weighted by Crippen LogP contribution is -2.57. The van der Waals surface area contributed by atoms with E-state index < -0.39 is 27.2 Å². The first-order chi connectivity index (χ1) is 7.48. The van der Waals surface area contributed by atoms with Crippen molar-refractivity contribution in [1.82, 2.24) is 0 Å². The molecule has 2 unspecified atom stereocenters. The Balaban J connectivity index is 2.58. The fourth-order valence-corrected chi connectivity index (χ4v) is 2.72. The van der Waals surface area contributed by atoms with Gasteiger partial charge >= 0.3 is 17.1 Å². The predicted octanol–water partition coefficient (Wildman–Crippen LogP) is 1.55. The maximum absolute atomic E-state index is 12.3. The molecule has 1 aromatic rings. The summed E-state index contributed by atoms with van der Waals surface area (Å²) in [6, 6.07) is 6.01. The van der Waals surface area contributed by atoms with Crippen LogP contribution in [0.3, 0.4) is 0 Å². The third-order valence-electron chi connectivity index (χ3n) is 2.56. The first-order valence-electron chi connectivity index (χ1n) is 4.90. The number of nitrogens with zero attached hydrogens (tertiary/aromatic N) is 1. The number of hydrogen-bond acceptors (Lipinski definition) is 3. The van der Waals surface area contributed by atoms with Gasteiger partial charge in [-0.1, -0.05) is 12.1 Å². The lowest BCUT2D eigenvalue weighted by atomic mass is 10.1. The molecule has 5 nitrogen and oxygen atoms in total. The molecular weight excluding hydrogens is 228 g/mol. The van der Waals surface area contributed by atoms with E-state index in [9.17, 15) is 14.2 Å². The molecular formula is C10H12N2O3S. The van der Waals surface area contributed by atoms with Gasteiger partial charge in [0.1, 0.15) is 11.6 Å². The van der Waals surface area contributed by atoms with E-state index in [1.807, 2.05) is 0 Å². The molecule has 1 aliphatic heterocycles. The standard InChI is InChI=1S/C10H12N2O3S/c1-7(2)12(14)10(13)8-5-3-4-6-9(8)11-16(12)15/h3-7,11H,1-2H3. The Labute approximate surface area is 96.0 Å². The highest BCUT2D eigenvalue weighted by atomic mass is 32.2. The Morgan fingerprint density at radius 3 is 2.62 bits per heavy atom. The molecule has 0 spiro atoms. The lowest BCUT2D eigenvalue weighted by molar-refractivity contribution is -0.684. The van der Waals surface area contributed by atoms with E-state index in [4.69, 9.17) is 0 Å². The molecule has 0 saturated carbocycles. The van der Waals surface area contributed by atoms with Crippen LogP contribution in [0.4, 0.5) is 5.69 Å². The quantitative estimate of drug-likeness (QED) is 0.598. The number of hydroxylamine groups is 2. The van der Waals surface area contributed by atoms with Gasteiger partial charge in [0.05, 0.1) is 5.69 Å². The summed E-state index contributed by atoms with van der Waals surface area (Å²) >= 11 is -1.98. The molecule has 1 aliphatic rings. The van der Waals surface area contributed by atoms with E-state index in [0.717, 1.165) is 0 Å². The third-order valence-corrected chi connectivity index (χ3v) is 4.04. The van der Waals surface area contributed by atoms with Crippen molar-refractivity contribution in [2.45, 2.75) is 19.9 Å². The van der Waals surface area contributed by atoms with Crippen molar-refractivity contribution < 1.29 is 13.1 Å². The molecule has 0 fully saturated rings. The topological polar surface area (TPSA) is 69.2 Å². The summed E-state index contributed by atoms with van der Waals surface area (Å²) in [5.41, 5.74) is 0.752. The highest BCUT2D eigenvalue weighted by molar-refractivity contribution is 7.81. The van der Waals surface area contributed by atoms with E-state index in [0.29, 0.717) is 11.3 Å². The van der Waals surface area contributed by atoms with Gasteiger partial charge in [0.25, 0.3) is 0 Å². The van der Waals surface area contributed by atoms with E-state index in [1.165, 1.54) is 0 Å². The van der Waals surface area contributed by atoms with E-state index in [1.54, 1.807) is 38.1 Å². The van der Waals surface area contributed by atoms with E-state index >= 15 is 0 Å². The Morgan fingerprint density at radius 1 is 1.38 bits per heavy atom. The maximum Gasteiger partial charge on any atom is 0.363 e. The summed E-state index contributed by atoms with van der Waals surface area (Å²) in [7, 11) is 0. The number of carbonyl (C=O) groups excluding carboxylic acids is 1. The fourth-order valence-electron chi connectivity index (χ4n) is 1.59. The second-order valence-corrected chi connectivity index (χ2v) is 5.14. The zero-order valence-electron chi connectivity index (χ0n) is 8.97. The molecule has 2 rings (SSSR count). The number of hydrogen-bond donors (Lipinski definition) is 1. The van der Waals surface area contributed by atoms with E-state index in [2.05, 4.69) is 4.72 Å². The van der Waals surface area contributed by atoms with Crippen molar-refractivity contribution in [2.24, 2.45) is 0 Å². The predicted molar refractivity (Wildman–Crippen MR) is 61.3 cm³/mol. The number of rotatable bonds is 1. The average Bonchev–Trinajstić information content (AvgIpc) is 2.26. The Bertz CT molecular complexity index is 475. The summed E-state index contributed by atoms with van der Waals surface area (Å²) in [5, 5.41) is 12.3. The van der Waals surface area contributed by atoms with Crippen molar-refractivity contribution >= 4 is 22.8 Å². The SMILES string of the molecule is CC(C)[N+]1([O-])C(=O)c2ccccc2NS1=O. The molecule has 1 heterocycles. The molecule has 6 heteroatoms. The van der Waals surface area contributed by atoms with Crippen molar-refractivity contribution in [2.75, 3.05) is 4.72 Å². The van der Waals surface area contributed by atoms with Gasteiger partial charge in [-0.15, -0.1) is 0 Å². The van der Waals surface area contributed by atoms with Gasteiger partial charge in [0.2, 0.25) is 0 Å². The molecule has 1 N–H and O–H groups in total. The van der Waals surface area contributed by atoms with Crippen LogP contribution in [0.25, 0.3) is 0 Å². The lowest BCUT2D eigenvalue weighted by Gasteiger charge is -2.42. The molecule has 1 amide bonds. The monoisotopic (exact) mass is 240 g/mol. The summed E-state index contributed by atoms with van der Waals surface area (Å²) in [5.74, 6) is -0.650. The van der Waals surface area contributed by atoms with Crippen LogP contribution >= 0.6 is 0 Å². The van der Waals surface area contributed by atoms with Crippen molar-refractivity contribution in [3.05, 3.63) is 35.0 Å². The van der Waals surface area contributed by atoms with Crippen molar-refractivity contribution in [3.8, 4) is 0 Å². The van der Waals surface area contributed by atoms with Gasteiger partial charge in [-0.25, -0.2) is 4.79 Å². The van der Waals surface area contributed by atoms with Crippen LogP contribution in [0.1, 0.15) is 24.2 Å². The number of carbonyl (C=O) groups is 1. The number of benzene rings is 1. The van der Waals surface area contributed by atoms with Gasteiger partial charge < -0.3 is 5.21 Å². The molecule has 86 valence electrons. The van der Waals surface area contributed by atoms with Crippen molar-refractivity contribution in [3.63, 3.8) is 0 Å². The van der Waals surface area contributed by atoms with Crippen LogP contribution in [-0.2, 0) is 11.2 Å². The number of nitrogens with one attached hydrogen (secondary N) is 1. The molecule has 0 radical (unpaired) electrons. The maximum atomic E-state index is 12.3. The number of para-hydroxylation sites is 1. The van der Waals surface area contributed by atoms with Gasteiger partial charge in [-0.2, -0.15) is 8.26 Å². The molecule has 1 aromatic carbocycles. The fraction of sp³-hybridized carbons (Fsp3) is 0.300. The van der Waals surface area contributed by atoms with Crippen molar-refractivity contribution in [1.29, 1.82) is 0 Å². The highest BCUT2D eigenvalue weighted by Crippen LogP contribution is 2.31. The van der Waals surface area contributed by atoms with Crippen LogP contribution < -0.4 is 4.72 Å². The van der Waals surface area contributed by atoms with Gasteiger partial charge in [-0.05, 0) is 26.0 Å². The average molecular weight is 240 g/mol. The summed E-state index contributed by atoms with van der Waals surface area (Å²) in [6.07, 6.45) is 0. The minimum atomic E-state index is -1.98. The molecule has 0 aromatic heterocycles. The number of fused-ring (bicyclic) bond motifs is 1. The third kappa shape index (κ3) is 1.38. The molecule has 16 heavy (non-hydrogen) atoms. The zero-order valence-corrected chi connectivity index (χ0v) is 9.78. The Hall–Kier alpha value is -1.24. The number of amides is 1. The number of quaternary nitrogens is 1. The first kappa shape index (κ1) is 11.3. The summed E-state index contributed by atoms with van der Waals surface area (Å²) < 4.78 is 13.0. The second kappa shape index (κ2) is 3.65. The van der Waals surface area contributed by atoms with Gasteiger partial charge in [0, 0.05) is 0 Å². The molecule has 0 bridgehead atoms. The van der Waals surface area contributed by atoms with Crippen LogP contribution in [0.15, 0.2) is 24.3 Å². The minimum absolute atomic E-state index is 0.297.